The first-order valence-corrected chi connectivity index (χ1v) is 11.9. The van der Waals surface area contributed by atoms with Gasteiger partial charge in [0.1, 0.15) is 5.42 Å². The SMILES string of the molecule is CC(=O)C(N=Nc1ccccc1)=P(c1ccccc1)(c1ccccc1)c1ccccc1. The largest absolute Gasteiger partial charge is 0.293 e. The monoisotopic (exact) mass is 422 g/mol. The van der Waals surface area contributed by atoms with Crippen LogP contribution in [-0.4, -0.2) is 11.2 Å². The van der Waals surface area contributed by atoms with Crippen LogP contribution < -0.4 is 15.9 Å². The van der Waals surface area contributed by atoms with Crippen LogP contribution in [0.4, 0.5) is 5.69 Å². The van der Waals surface area contributed by atoms with Crippen LogP contribution in [0.2, 0.25) is 0 Å². The highest BCUT2D eigenvalue weighted by atomic mass is 31.2. The van der Waals surface area contributed by atoms with Gasteiger partial charge in [-0.1, -0.05) is 109 Å². The van der Waals surface area contributed by atoms with Gasteiger partial charge in [-0.3, -0.25) is 4.79 Å². The number of azo groups is 1. The number of carbonyl (C=O) groups is 1. The smallest absolute Gasteiger partial charge is 0.180 e. The van der Waals surface area contributed by atoms with E-state index in [4.69, 9.17) is 0 Å². The highest BCUT2D eigenvalue weighted by molar-refractivity contribution is 7.96. The first-order chi connectivity index (χ1) is 15.2. The zero-order valence-electron chi connectivity index (χ0n) is 17.3. The summed E-state index contributed by atoms with van der Waals surface area (Å²) < 4.78 is 0. The van der Waals surface area contributed by atoms with Gasteiger partial charge >= 0.3 is 0 Å². The van der Waals surface area contributed by atoms with Gasteiger partial charge in [-0.15, -0.1) is 5.11 Å². The molecule has 4 aromatic carbocycles. The van der Waals surface area contributed by atoms with Crippen molar-refractivity contribution in [2.45, 2.75) is 6.92 Å². The maximum atomic E-state index is 13.2. The number of benzene rings is 4. The predicted molar refractivity (Wildman–Crippen MR) is 132 cm³/mol. The van der Waals surface area contributed by atoms with Crippen molar-refractivity contribution in [3.63, 3.8) is 0 Å². The van der Waals surface area contributed by atoms with Crippen molar-refractivity contribution < 1.29 is 4.79 Å². The van der Waals surface area contributed by atoms with E-state index < -0.39 is 6.89 Å². The summed E-state index contributed by atoms with van der Waals surface area (Å²) >= 11 is 0. The van der Waals surface area contributed by atoms with E-state index in [1.807, 2.05) is 84.9 Å². The minimum atomic E-state index is -2.55. The third kappa shape index (κ3) is 4.19. The summed E-state index contributed by atoms with van der Waals surface area (Å²) in [4.78, 5) is 13.2. The Kier molecular flexibility index (Phi) is 6.35. The molecule has 0 aromatic heterocycles. The second kappa shape index (κ2) is 9.51. The Morgan fingerprint density at radius 1 is 0.581 bits per heavy atom. The Labute approximate surface area is 183 Å². The number of rotatable bonds is 6. The predicted octanol–water partition coefficient (Wildman–Crippen LogP) is 5.48. The van der Waals surface area contributed by atoms with Crippen LogP contribution in [0.1, 0.15) is 6.92 Å². The third-order valence-electron chi connectivity index (χ3n) is 5.08. The molecule has 0 spiro atoms. The summed E-state index contributed by atoms with van der Waals surface area (Å²) in [6.45, 7) is -0.964. The molecule has 0 aliphatic heterocycles. The maximum Gasteiger partial charge on any atom is 0.180 e. The van der Waals surface area contributed by atoms with Gasteiger partial charge in [0.05, 0.1) is 5.69 Å². The molecule has 31 heavy (non-hydrogen) atoms. The minimum absolute atomic E-state index is 0.0791. The molecule has 0 aliphatic rings. The van der Waals surface area contributed by atoms with Crippen LogP contribution in [-0.2, 0) is 4.79 Å². The molecule has 0 N–H and O–H groups in total. The lowest BCUT2D eigenvalue weighted by atomic mass is 10.3. The fourth-order valence-corrected chi connectivity index (χ4v) is 7.88. The number of nitrogens with zero attached hydrogens (tertiary/aromatic N) is 2. The summed E-state index contributed by atoms with van der Waals surface area (Å²) in [7, 11) is 0. The van der Waals surface area contributed by atoms with Crippen molar-refractivity contribution in [3.8, 4) is 0 Å². The van der Waals surface area contributed by atoms with Gasteiger partial charge in [0, 0.05) is 13.8 Å². The van der Waals surface area contributed by atoms with Crippen LogP contribution in [0.3, 0.4) is 0 Å². The molecule has 0 amide bonds. The molecule has 4 rings (SSSR count). The van der Waals surface area contributed by atoms with E-state index in [0.29, 0.717) is 11.1 Å². The molecule has 0 saturated heterocycles. The van der Waals surface area contributed by atoms with Crippen molar-refractivity contribution in [1.29, 1.82) is 0 Å². The second-order valence-electron chi connectivity index (χ2n) is 7.09. The molecule has 0 atom stereocenters. The van der Waals surface area contributed by atoms with Gasteiger partial charge in [-0.25, -0.2) is 0 Å². The third-order valence-corrected chi connectivity index (χ3v) is 9.34. The van der Waals surface area contributed by atoms with Gasteiger partial charge in [0.2, 0.25) is 0 Å². The molecule has 152 valence electrons. The Bertz CT molecular complexity index is 1130. The van der Waals surface area contributed by atoms with E-state index in [1.165, 1.54) is 0 Å². The molecule has 3 nitrogen and oxygen atoms in total. The highest BCUT2D eigenvalue weighted by Crippen LogP contribution is 2.46. The highest BCUT2D eigenvalue weighted by Gasteiger charge is 2.32. The van der Waals surface area contributed by atoms with Crippen molar-refractivity contribution in [2.75, 3.05) is 0 Å². The van der Waals surface area contributed by atoms with E-state index in [0.717, 1.165) is 15.9 Å². The lowest BCUT2D eigenvalue weighted by Gasteiger charge is -2.29. The van der Waals surface area contributed by atoms with Crippen molar-refractivity contribution >= 4 is 39.7 Å². The molecule has 4 heteroatoms. The number of ketones is 1. The number of Topliss-reactive ketones (excluding diaryl/α,β-unsaturated/α-hetero) is 1. The number of hydrogen-bond acceptors (Lipinski definition) is 2. The van der Waals surface area contributed by atoms with Crippen molar-refractivity contribution in [3.05, 3.63) is 121 Å². The molecule has 0 saturated carbocycles. The molecule has 4 aromatic rings. The number of carbonyl (C=O) groups excluding carboxylic acids is 1. The first-order valence-electron chi connectivity index (χ1n) is 10.1. The molecular weight excluding hydrogens is 399 g/mol. The Balaban J connectivity index is 2.17. The molecular formula is C27H23N2OP. The average Bonchev–Trinajstić information content (AvgIpc) is 2.84. The first kappa shape index (κ1) is 20.7. The lowest BCUT2D eigenvalue weighted by Crippen LogP contribution is -2.32. The van der Waals surface area contributed by atoms with Crippen LogP contribution in [0.15, 0.2) is 132 Å². The van der Waals surface area contributed by atoms with Crippen molar-refractivity contribution in [2.24, 2.45) is 10.2 Å². The normalized spacial score (nSPS) is 11.4. The minimum Gasteiger partial charge on any atom is -0.293 e. The second-order valence-corrected chi connectivity index (χ2v) is 10.4. The summed E-state index contributed by atoms with van der Waals surface area (Å²) in [5.41, 5.74) is 1.20. The number of hydrogen-bond donors (Lipinski definition) is 0. The van der Waals surface area contributed by atoms with E-state index in [-0.39, 0.29) is 5.78 Å². The quantitative estimate of drug-likeness (QED) is 0.300. The fourth-order valence-electron chi connectivity index (χ4n) is 3.74. The molecule has 0 unspecified atom stereocenters. The van der Waals surface area contributed by atoms with E-state index in [2.05, 4.69) is 46.6 Å². The Morgan fingerprint density at radius 2 is 0.935 bits per heavy atom. The van der Waals surface area contributed by atoms with Gasteiger partial charge in [0.25, 0.3) is 0 Å². The Hall–Kier alpha value is -3.55. The Morgan fingerprint density at radius 3 is 1.29 bits per heavy atom. The topological polar surface area (TPSA) is 41.8 Å². The maximum absolute atomic E-state index is 13.2. The molecule has 0 radical (unpaired) electrons. The molecule has 0 heterocycles. The van der Waals surface area contributed by atoms with Gasteiger partial charge < -0.3 is 0 Å². The summed E-state index contributed by atoms with van der Waals surface area (Å²) in [6, 6.07) is 40.2. The zero-order valence-corrected chi connectivity index (χ0v) is 18.2. The van der Waals surface area contributed by atoms with E-state index >= 15 is 0 Å². The average molecular weight is 422 g/mol. The van der Waals surface area contributed by atoms with Crippen LogP contribution in [0.5, 0.6) is 0 Å². The standard InChI is InChI=1S/C27H23N2OP/c1-22(30)27(29-28-23-14-6-2-7-15-23)31(24-16-8-3-9-17-24,25-18-10-4-11-19-25)26-20-12-5-13-21-26/h2-21H,1H3. The van der Waals surface area contributed by atoms with Crippen LogP contribution in [0.25, 0.3) is 0 Å². The molecule has 0 aliphatic carbocycles. The summed E-state index contributed by atoms with van der Waals surface area (Å²) in [6.07, 6.45) is 0. The van der Waals surface area contributed by atoms with Gasteiger partial charge in [-0.2, -0.15) is 5.11 Å². The summed E-state index contributed by atoms with van der Waals surface area (Å²) in [5, 5.41) is 12.3. The van der Waals surface area contributed by atoms with Crippen LogP contribution in [0, 0.1) is 0 Å². The fraction of sp³-hybridized carbons (Fsp3) is 0.0370. The summed E-state index contributed by atoms with van der Waals surface area (Å²) in [5.74, 6) is -0.0791. The lowest BCUT2D eigenvalue weighted by molar-refractivity contribution is -0.111. The molecule has 0 bridgehead atoms. The van der Waals surface area contributed by atoms with Crippen LogP contribution >= 0.6 is 6.89 Å². The van der Waals surface area contributed by atoms with E-state index in [9.17, 15) is 4.79 Å². The van der Waals surface area contributed by atoms with E-state index in [1.54, 1.807) is 6.92 Å². The van der Waals surface area contributed by atoms with Gasteiger partial charge in [-0.05, 0) is 28.0 Å². The van der Waals surface area contributed by atoms with Gasteiger partial charge in [0.15, 0.2) is 5.78 Å². The zero-order chi connectivity index (χ0) is 21.5. The molecule has 0 fully saturated rings. The van der Waals surface area contributed by atoms with Crippen molar-refractivity contribution in [1.82, 2.24) is 0 Å².